The lowest BCUT2D eigenvalue weighted by atomic mass is 10.1. The van der Waals surface area contributed by atoms with E-state index in [1.807, 2.05) is 30.0 Å². The minimum absolute atomic E-state index is 0.139. The molecule has 1 saturated heterocycles. The third kappa shape index (κ3) is 3.57. The number of nitrogens with zero attached hydrogens (tertiary/aromatic N) is 1. The molecule has 0 spiro atoms. The Morgan fingerprint density at radius 1 is 1.26 bits per heavy atom. The Labute approximate surface area is 123 Å². The molecule has 1 amide bonds. The van der Waals surface area contributed by atoms with Gasteiger partial charge in [-0.15, -0.1) is 0 Å². The largest absolute Gasteiger partial charge is 0.341 e. The van der Waals surface area contributed by atoms with Gasteiger partial charge in [-0.3, -0.25) is 10.1 Å². The first-order valence-electron chi connectivity index (χ1n) is 6.89. The van der Waals surface area contributed by atoms with Gasteiger partial charge in [0.2, 0.25) is 5.91 Å². The van der Waals surface area contributed by atoms with Crippen molar-refractivity contribution in [1.82, 2.24) is 10.2 Å². The molecule has 104 valence electrons. The third-order valence-corrected chi connectivity index (χ3v) is 4.38. The summed E-state index contributed by atoms with van der Waals surface area (Å²) < 4.78 is 1.08. The van der Waals surface area contributed by atoms with Gasteiger partial charge in [-0.1, -0.05) is 34.1 Å². The first kappa shape index (κ1) is 14.5. The van der Waals surface area contributed by atoms with Gasteiger partial charge in [0.05, 0.1) is 6.04 Å². The molecule has 0 aromatic heterocycles. The van der Waals surface area contributed by atoms with Gasteiger partial charge in [0.1, 0.15) is 0 Å². The summed E-state index contributed by atoms with van der Waals surface area (Å²) in [4.78, 5) is 14.2. The van der Waals surface area contributed by atoms with Crippen molar-refractivity contribution in [2.75, 3.05) is 13.1 Å². The fourth-order valence-corrected chi connectivity index (χ4v) is 3.20. The number of carbonyl (C=O) groups is 1. The molecule has 1 unspecified atom stereocenters. The zero-order valence-corrected chi connectivity index (χ0v) is 13.1. The van der Waals surface area contributed by atoms with E-state index in [4.69, 9.17) is 0 Å². The Morgan fingerprint density at radius 2 is 1.89 bits per heavy atom. The summed E-state index contributed by atoms with van der Waals surface area (Å²) in [7, 11) is 0. The van der Waals surface area contributed by atoms with E-state index < -0.39 is 0 Å². The highest BCUT2D eigenvalue weighted by Crippen LogP contribution is 2.23. The summed E-state index contributed by atoms with van der Waals surface area (Å²) in [5.41, 5.74) is 1.18. The van der Waals surface area contributed by atoms with Crippen LogP contribution in [-0.2, 0) is 4.79 Å². The predicted octanol–water partition coefficient (Wildman–Crippen LogP) is 3.11. The van der Waals surface area contributed by atoms with Gasteiger partial charge in [-0.25, -0.2) is 0 Å². The van der Waals surface area contributed by atoms with E-state index in [2.05, 4.69) is 34.2 Å². The van der Waals surface area contributed by atoms with Gasteiger partial charge in [0, 0.05) is 23.6 Å². The summed E-state index contributed by atoms with van der Waals surface area (Å²) in [5, 5.41) is 3.39. The van der Waals surface area contributed by atoms with E-state index in [1.54, 1.807) is 0 Å². The number of hydrogen-bond acceptors (Lipinski definition) is 2. The maximum Gasteiger partial charge on any atom is 0.239 e. The van der Waals surface area contributed by atoms with Crippen LogP contribution in [0, 0.1) is 0 Å². The number of nitrogens with one attached hydrogen (secondary N) is 1. The molecule has 0 bridgehead atoms. The van der Waals surface area contributed by atoms with Crippen molar-refractivity contribution in [2.24, 2.45) is 0 Å². The first-order valence-corrected chi connectivity index (χ1v) is 7.68. The van der Waals surface area contributed by atoms with E-state index in [0.717, 1.165) is 30.4 Å². The predicted molar refractivity (Wildman–Crippen MR) is 81.0 cm³/mol. The summed E-state index contributed by atoms with van der Waals surface area (Å²) >= 11 is 3.55. The van der Waals surface area contributed by atoms with Crippen LogP contribution in [0.3, 0.4) is 0 Å². The maximum absolute atomic E-state index is 12.2. The minimum Gasteiger partial charge on any atom is -0.341 e. The van der Waals surface area contributed by atoms with Crippen LogP contribution in [0.1, 0.15) is 38.3 Å². The highest BCUT2D eigenvalue weighted by atomic mass is 79.9. The second kappa shape index (κ2) is 6.53. The van der Waals surface area contributed by atoms with Crippen LogP contribution in [0.2, 0.25) is 0 Å². The van der Waals surface area contributed by atoms with Gasteiger partial charge in [0.15, 0.2) is 0 Å². The zero-order chi connectivity index (χ0) is 13.8. The normalized spacial score (nSPS) is 18.4. The Bertz CT molecular complexity index is 444. The molecule has 1 aliphatic heterocycles. The quantitative estimate of drug-likeness (QED) is 0.922. The van der Waals surface area contributed by atoms with Crippen LogP contribution in [0.5, 0.6) is 0 Å². The lowest BCUT2D eigenvalue weighted by Crippen LogP contribution is -2.44. The number of likely N-dealkylation sites (tertiary alicyclic amines) is 1. The molecule has 1 heterocycles. The number of carbonyl (C=O) groups excluding carboxylic acids is 1. The second-order valence-electron chi connectivity index (χ2n) is 5.16. The Morgan fingerprint density at radius 3 is 2.53 bits per heavy atom. The minimum atomic E-state index is -0.139. The van der Waals surface area contributed by atoms with Crippen molar-refractivity contribution >= 4 is 21.8 Å². The topological polar surface area (TPSA) is 32.3 Å². The fourth-order valence-electron chi connectivity index (χ4n) is 2.57. The van der Waals surface area contributed by atoms with Gasteiger partial charge >= 0.3 is 0 Å². The molecule has 0 radical (unpaired) electrons. The SMILES string of the molecule is CC(N[C@@H](C)c1ccccc1Br)C(=O)N1CCCC1. The lowest BCUT2D eigenvalue weighted by molar-refractivity contribution is -0.132. The van der Waals surface area contributed by atoms with E-state index in [0.29, 0.717) is 0 Å². The van der Waals surface area contributed by atoms with Crippen molar-refractivity contribution in [3.05, 3.63) is 34.3 Å². The second-order valence-corrected chi connectivity index (χ2v) is 6.02. The number of hydrogen-bond donors (Lipinski definition) is 1. The number of rotatable bonds is 4. The average molecular weight is 325 g/mol. The van der Waals surface area contributed by atoms with Crippen molar-refractivity contribution in [1.29, 1.82) is 0 Å². The van der Waals surface area contributed by atoms with Crippen LogP contribution in [0.25, 0.3) is 0 Å². The molecule has 1 N–H and O–H groups in total. The maximum atomic E-state index is 12.2. The van der Waals surface area contributed by atoms with Crippen molar-refractivity contribution in [2.45, 2.75) is 38.8 Å². The molecule has 2 atom stereocenters. The van der Waals surface area contributed by atoms with Gasteiger partial charge in [-0.2, -0.15) is 0 Å². The lowest BCUT2D eigenvalue weighted by Gasteiger charge is -2.25. The molecule has 1 aliphatic rings. The molecular formula is C15H21BrN2O. The number of benzene rings is 1. The highest BCUT2D eigenvalue weighted by molar-refractivity contribution is 9.10. The van der Waals surface area contributed by atoms with E-state index in [-0.39, 0.29) is 18.0 Å². The van der Waals surface area contributed by atoms with Crippen LogP contribution in [0.4, 0.5) is 0 Å². The Kier molecular flexibility index (Phi) is 4.99. The van der Waals surface area contributed by atoms with Crippen molar-refractivity contribution in [3.8, 4) is 0 Å². The van der Waals surface area contributed by atoms with Crippen LogP contribution in [-0.4, -0.2) is 29.9 Å². The standard InChI is InChI=1S/C15H21BrN2O/c1-11(13-7-3-4-8-14(13)16)17-12(2)15(19)18-9-5-6-10-18/h3-4,7-8,11-12,17H,5-6,9-10H2,1-2H3/t11-,12?/m0/s1. The summed E-state index contributed by atoms with van der Waals surface area (Å²) in [6, 6.07) is 8.14. The van der Waals surface area contributed by atoms with Gasteiger partial charge < -0.3 is 4.90 Å². The van der Waals surface area contributed by atoms with Crippen LogP contribution >= 0.6 is 15.9 Å². The summed E-state index contributed by atoms with van der Waals surface area (Å²) in [6.07, 6.45) is 2.27. The molecule has 1 aromatic rings. The van der Waals surface area contributed by atoms with E-state index in [9.17, 15) is 4.79 Å². The monoisotopic (exact) mass is 324 g/mol. The van der Waals surface area contributed by atoms with Crippen molar-refractivity contribution in [3.63, 3.8) is 0 Å². The van der Waals surface area contributed by atoms with Crippen LogP contribution < -0.4 is 5.32 Å². The molecule has 19 heavy (non-hydrogen) atoms. The van der Waals surface area contributed by atoms with E-state index >= 15 is 0 Å². The summed E-state index contributed by atoms with van der Waals surface area (Å²) in [6.45, 7) is 5.87. The molecule has 1 fully saturated rings. The molecule has 1 aromatic carbocycles. The molecular weight excluding hydrogens is 304 g/mol. The Hall–Kier alpha value is -0.870. The van der Waals surface area contributed by atoms with Gasteiger partial charge in [-0.05, 0) is 38.3 Å². The van der Waals surface area contributed by atoms with E-state index in [1.165, 1.54) is 5.56 Å². The molecule has 2 rings (SSSR count). The number of halogens is 1. The summed E-state index contributed by atoms with van der Waals surface area (Å²) in [5.74, 6) is 0.219. The zero-order valence-electron chi connectivity index (χ0n) is 11.5. The average Bonchev–Trinajstić information content (AvgIpc) is 2.92. The molecule has 3 nitrogen and oxygen atoms in total. The van der Waals surface area contributed by atoms with Gasteiger partial charge in [0.25, 0.3) is 0 Å². The Balaban J connectivity index is 1.96. The molecule has 0 saturated carbocycles. The fraction of sp³-hybridized carbons (Fsp3) is 0.533. The number of amides is 1. The first-order chi connectivity index (χ1) is 9.09. The van der Waals surface area contributed by atoms with Crippen molar-refractivity contribution < 1.29 is 4.79 Å². The smallest absolute Gasteiger partial charge is 0.239 e. The molecule has 4 heteroatoms. The molecule has 0 aliphatic carbocycles. The van der Waals surface area contributed by atoms with Crippen LogP contribution in [0.15, 0.2) is 28.7 Å². The highest BCUT2D eigenvalue weighted by Gasteiger charge is 2.24. The third-order valence-electron chi connectivity index (χ3n) is 3.66.